The molecule has 4 unspecified atom stereocenters. The van der Waals surface area contributed by atoms with Gasteiger partial charge < -0.3 is 43.7 Å². The van der Waals surface area contributed by atoms with E-state index in [2.05, 4.69) is 0 Å². The highest BCUT2D eigenvalue weighted by molar-refractivity contribution is 5.83. The summed E-state index contributed by atoms with van der Waals surface area (Å²) in [6.45, 7) is 1.65. The fraction of sp³-hybridized carbons (Fsp3) is 0.560. The summed E-state index contributed by atoms with van der Waals surface area (Å²) in [5, 5.41) is 29.6. The lowest BCUT2D eigenvalue weighted by Gasteiger charge is -2.20. The Morgan fingerprint density at radius 1 is 0.564 bits per heavy atom. The number of carbonyl (C=O) groups is 5. The van der Waals surface area contributed by atoms with E-state index in [1.807, 2.05) is 0 Å². The van der Waals surface area contributed by atoms with E-state index < -0.39 is 100 Å². The first kappa shape index (κ1) is 35.4. The zero-order valence-electron chi connectivity index (χ0n) is 22.1. The molecule has 220 valence electrons. The summed E-state index contributed by atoms with van der Waals surface area (Å²) in [5.41, 5.74) is 0. The molecule has 14 nitrogen and oxygen atoms in total. The quantitative estimate of drug-likeness (QED) is 0.102. The predicted molar refractivity (Wildman–Crippen MR) is 132 cm³/mol. The van der Waals surface area contributed by atoms with Crippen LogP contribution in [0.5, 0.6) is 0 Å². The number of aliphatic hydroxyl groups excluding tert-OH is 3. The molecule has 0 aliphatic carbocycles. The van der Waals surface area contributed by atoms with Gasteiger partial charge in [-0.05, 0) is 20.8 Å². The van der Waals surface area contributed by atoms with E-state index in [9.17, 15) is 39.3 Å². The third-order valence-electron chi connectivity index (χ3n) is 4.12. The summed E-state index contributed by atoms with van der Waals surface area (Å²) in [4.78, 5) is 58.6. The highest BCUT2D eigenvalue weighted by Gasteiger charge is 2.28. The van der Waals surface area contributed by atoms with Gasteiger partial charge in [0, 0.05) is 18.2 Å². The Hall–Kier alpha value is -3.59. The number of aliphatic hydroxyl groups is 3. The molecule has 0 amide bonds. The van der Waals surface area contributed by atoms with E-state index >= 15 is 0 Å². The van der Waals surface area contributed by atoms with Crippen molar-refractivity contribution in [3.8, 4) is 0 Å². The van der Waals surface area contributed by atoms with Crippen molar-refractivity contribution < 1.29 is 67.7 Å². The molecule has 3 N–H and O–H groups in total. The zero-order valence-corrected chi connectivity index (χ0v) is 22.1. The minimum absolute atomic E-state index is 0.451. The lowest BCUT2D eigenvalue weighted by Crippen LogP contribution is -2.36. The number of hydrogen-bond donors (Lipinski definition) is 3. The first-order valence-corrected chi connectivity index (χ1v) is 11.9. The van der Waals surface area contributed by atoms with E-state index in [1.165, 1.54) is 18.2 Å². The second-order valence-electron chi connectivity index (χ2n) is 7.69. The Labute approximate surface area is 225 Å². The fourth-order valence-electron chi connectivity index (χ4n) is 2.34. The van der Waals surface area contributed by atoms with E-state index in [0.29, 0.717) is 0 Å². The average Bonchev–Trinajstić information content (AvgIpc) is 2.89. The monoisotopic (exact) mass is 560 g/mol. The van der Waals surface area contributed by atoms with Crippen LogP contribution in [-0.4, -0.2) is 109 Å². The van der Waals surface area contributed by atoms with Crippen molar-refractivity contribution in [2.24, 2.45) is 0 Å². The van der Waals surface area contributed by atoms with Gasteiger partial charge in [-0.25, -0.2) is 19.2 Å². The van der Waals surface area contributed by atoms with E-state index in [0.717, 1.165) is 18.2 Å². The van der Waals surface area contributed by atoms with Crippen LogP contribution < -0.4 is 0 Å². The highest BCUT2D eigenvalue weighted by atomic mass is 16.6. The van der Waals surface area contributed by atoms with E-state index in [-0.39, 0.29) is 0 Å². The molecule has 0 fully saturated rings. The lowest BCUT2D eigenvalue weighted by atomic mass is 10.2. The number of hydrogen-bond acceptors (Lipinski definition) is 14. The van der Waals surface area contributed by atoms with Gasteiger partial charge in [0.2, 0.25) is 0 Å². The van der Waals surface area contributed by atoms with Crippen LogP contribution in [0.1, 0.15) is 27.2 Å². The van der Waals surface area contributed by atoms with Gasteiger partial charge in [0.15, 0.2) is 6.10 Å². The van der Waals surface area contributed by atoms with E-state index in [4.69, 9.17) is 28.4 Å². The minimum Gasteiger partial charge on any atom is -0.463 e. The molecule has 0 radical (unpaired) electrons. The Morgan fingerprint density at radius 2 is 0.923 bits per heavy atom. The molecule has 0 aromatic rings. The molecule has 39 heavy (non-hydrogen) atoms. The standard InChI is InChI=1S/C25H36O14/c1-4-7-21(29)35-12-17(26)11-34-20(25(33)39-16-19(28)14-37-23(31)9-6-3)10-24(32)38-15-18(27)13-36-22(30)8-5-2/h4-9,17-20,26-28H,10-16H2,1-3H3. The second-order valence-corrected chi connectivity index (χ2v) is 7.69. The van der Waals surface area contributed by atoms with Gasteiger partial charge in [0.25, 0.3) is 0 Å². The van der Waals surface area contributed by atoms with Crippen molar-refractivity contribution in [2.75, 3.05) is 39.6 Å². The van der Waals surface area contributed by atoms with Gasteiger partial charge in [-0.15, -0.1) is 0 Å². The van der Waals surface area contributed by atoms with Crippen LogP contribution in [0, 0.1) is 0 Å². The Morgan fingerprint density at radius 3 is 1.33 bits per heavy atom. The first-order valence-electron chi connectivity index (χ1n) is 11.9. The van der Waals surface area contributed by atoms with Gasteiger partial charge in [-0.2, -0.15) is 0 Å². The molecule has 0 aromatic carbocycles. The number of ether oxygens (including phenoxy) is 6. The SMILES string of the molecule is CC=CC(=O)OCC(O)COC(=O)CC(OCC(O)COC(=O)C=CC)C(=O)OCC(O)COC(=O)C=CC. The van der Waals surface area contributed by atoms with Gasteiger partial charge in [0.1, 0.15) is 51.3 Å². The van der Waals surface area contributed by atoms with Crippen LogP contribution in [0.25, 0.3) is 0 Å². The molecular formula is C25H36O14. The molecule has 0 rings (SSSR count). The van der Waals surface area contributed by atoms with Crippen molar-refractivity contribution in [3.63, 3.8) is 0 Å². The summed E-state index contributed by atoms with van der Waals surface area (Å²) in [6.07, 6.45) is 1.24. The molecule has 0 saturated carbocycles. The van der Waals surface area contributed by atoms with Crippen molar-refractivity contribution in [1.82, 2.24) is 0 Å². The molecule has 0 saturated heterocycles. The van der Waals surface area contributed by atoms with Gasteiger partial charge in [-0.1, -0.05) is 18.2 Å². The van der Waals surface area contributed by atoms with E-state index in [1.54, 1.807) is 20.8 Å². The maximum Gasteiger partial charge on any atom is 0.335 e. The maximum atomic E-state index is 12.5. The Kier molecular flexibility index (Phi) is 19.4. The molecule has 0 heterocycles. The Balaban J connectivity index is 4.94. The predicted octanol–water partition coefficient (Wildman–Crippen LogP) is -0.711. The molecule has 14 heteroatoms. The van der Waals surface area contributed by atoms with Crippen molar-refractivity contribution >= 4 is 29.8 Å². The molecule has 0 aliphatic rings. The number of rotatable bonds is 19. The molecule has 0 aliphatic heterocycles. The first-order chi connectivity index (χ1) is 18.5. The summed E-state index contributed by atoms with van der Waals surface area (Å²) in [5.74, 6) is -4.26. The van der Waals surface area contributed by atoms with Crippen molar-refractivity contribution in [1.29, 1.82) is 0 Å². The Bertz CT molecular complexity index is 863. The number of carbonyl (C=O) groups excluding carboxylic acids is 5. The largest absolute Gasteiger partial charge is 0.463 e. The third kappa shape index (κ3) is 19.2. The minimum atomic E-state index is -1.62. The summed E-state index contributed by atoms with van der Waals surface area (Å²) in [6, 6.07) is 0. The van der Waals surface area contributed by atoms with Gasteiger partial charge in [0.05, 0.1) is 13.0 Å². The molecule has 0 spiro atoms. The summed E-state index contributed by atoms with van der Waals surface area (Å²) in [7, 11) is 0. The van der Waals surface area contributed by atoms with Gasteiger partial charge in [-0.3, -0.25) is 4.79 Å². The molecule has 0 bridgehead atoms. The normalized spacial score (nSPS) is 14.5. The molecular weight excluding hydrogens is 524 g/mol. The number of allylic oxidation sites excluding steroid dienone is 3. The van der Waals surface area contributed by atoms with Crippen molar-refractivity contribution in [3.05, 3.63) is 36.5 Å². The maximum absolute atomic E-state index is 12.5. The molecule has 4 atom stereocenters. The van der Waals surface area contributed by atoms with Gasteiger partial charge >= 0.3 is 29.8 Å². The topological polar surface area (TPSA) is 201 Å². The lowest BCUT2D eigenvalue weighted by molar-refractivity contribution is -0.171. The highest BCUT2D eigenvalue weighted by Crippen LogP contribution is 2.07. The van der Waals surface area contributed by atoms with Crippen LogP contribution in [0.4, 0.5) is 0 Å². The zero-order chi connectivity index (χ0) is 29.6. The average molecular weight is 561 g/mol. The van der Waals surface area contributed by atoms with Crippen LogP contribution in [0.2, 0.25) is 0 Å². The summed E-state index contributed by atoms with van der Waals surface area (Å²) >= 11 is 0. The van der Waals surface area contributed by atoms with Crippen LogP contribution in [0.15, 0.2) is 36.5 Å². The summed E-state index contributed by atoms with van der Waals surface area (Å²) < 4.78 is 29.3. The third-order valence-corrected chi connectivity index (χ3v) is 4.12. The van der Waals surface area contributed by atoms with Crippen LogP contribution >= 0.6 is 0 Å². The molecule has 0 aromatic heterocycles. The van der Waals surface area contributed by atoms with Crippen molar-refractivity contribution in [2.45, 2.75) is 51.6 Å². The fourth-order valence-corrected chi connectivity index (χ4v) is 2.34. The number of esters is 5. The van der Waals surface area contributed by atoms with Crippen LogP contribution in [0.3, 0.4) is 0 Å². The van der Waals surface area contributed by atoms with Crippen LogP contribution in [-0.2, 0) is 52.4 Å². The second kappa shape index (κ2) is 21.4. The smallest absolute Gasteiger partial charge is 0.335 e.